The Bertz CT molecular complexity index is 3600. The molecule has 10 aromatic carbocycles. The summed E-state index contributed by atoms with van der Waals surface area (Å²) in [4.78, 5) is 2.42. The third-order valence-corrected chi connectivity index (χ3v) is 12.5. The predicted octanol–water partition coefficient (Wildman–Crippen LogP) is 16.6. The van der Waals surface area contributed by atoms with Gasteiger partial charge in [0.05, 0.1) is 27.8 Å². The van der Waals surface area contributed by atoms with Crippen molar-refractivity contribution in [2.75, 3.05) is 4.90 Å². The molecule has 0 saturated heterocycles. The number of benzene rings is 10. The van der Waals surface area contributed by atoms with Crippen molar-refractivity contribution in [1.29, 1.82) is 0 Å². The first kappa shape index (κ1) is 35.8. The fourth-order valence-electron chi connectivity index (χ4n) is 9.58. The molecule has 0 spiro atoms. The molecule has 12 aromatic rings. The average Bonchev–Trinajstić information content (AvgIpc) is 3.89. The van der Waals surface area contributed by atoms with Crippen LogP contribution in [-0.4, -0.2) is 4.57 Å². The van der Waals surface area contributed by atoms with Crippen LogP contribution in [0.15, 0.2) is 229 Å². The van der Waals surface area contributed by atoms with Crippen LogP contribution >= 0.6 is 0 Å². The van der Waals surface area contributed by atoms with E-state index < -0.39 is 0 Å². The number of fused-ring (bicyclic) bond motifs is 7. The van der Waals surface area contributed by atoms with Crippen LogP contribution < -0.4 is 4.90 Å². The van der Waals surface area contributed by atoms with Crippen LogP contribution in [0.4, 0.5) is 17.1 Å². The van der Waals surface area contributed by atoms with E-state index in [2.05, 4.69) is 241 Å². The van der Waals surface area contributed by atoms with Crippen molar-refractivity contribution in [2.24, 2.45) is 0 Å². The Morgan fingerprint density at radius 1 is 0.403 bits per heavy atom. The second-order valence-corrected chi connectivity index (χ2v) is 16.1. The van der Waals surface area contributed by atoms with Gasteiger partial charge in [0.2, 0.25) is 0 Å². The largest absolute Gasteiger partial charge is 0.455 e. The molecule has 0 fully saturated rings. The first-order valence-electron chi connectivity index (χ1n) is 21.3. The SMILES string of the molecule is Cc1cc(-c2ccccc2)ccc1N(c1ccc(-c2ccc3ccccc3c2)cc1)c1ccc(-c2ccccc2-n2c3ccccc3c3ccccc32)c2oc3ccccc3c12. The maximum absolute atomic E-state index is 7.03. The average molecular weight is 793 g/mol. The Hall–Kier alpha value is -8.14. The lowest BCUT2D eigenvalue weighted by atomic mass is 9.97. The summed E-state index contributed by atoms with van der Waals surface area (Å²) in [6.07, 6.45) is 0. The van der Waals surface area contributed by atoms with E-state index in [1.807, 2.05) is 0 Å². The van der Waals surface area contributed by atoms with Gasteiger partial charge in [0, 0.05) is 38.7 Å². The molecule has 3 heteroatoms. The fourth-order valence-corrected chi connectivity index (χ4v) is 9.58. The zero-order valence-corrected chi connectivity index (χ0v) is 34.2. The van der Waals surface area contributed by atoms with Crippen molar-refractivity contribution in [3.05, 3.63) is 230 Å². The van der Waals surface area contributed by atoms with Crippen LogP contribution in [-0.2, 0) is 0 Å². The number of anilines is 3. The van der Waals surface area contributed by atoms with Crippen molar-refractivity contribution in [3.63, 3.8) is 0 Å². The van der Waals surface area contributed by atoms with E-state index in [0.717, 1.165) is 55.8 Å². The third-order valence-electron chi connectivity index (χ3n) is 12.5. The van der Waals surface area contributed by atoms with Gasteiger partial charge in [-0.05, 0) is 112 Å². The summed E-state index contributed by atoms with van der Waals surface area (Å²) in [7, 11) is 0. The zero-order valence-electron chi connectivity index (χ0n) is 34.2. The lowest BCUT2D eigenvalue weighted by Crippen LogP contribution is -2.12. The molecular formula is C59H40N2O. The van der Waals surface area contributed by atoms with Gasteiger partial charge in [-0.1, -0.05) is 158 Å². The highest BCUT2D eigenvalue weighted by Crippen LogP contribution is 2.48. The summed E-state index contributed by atoms with van der Waals surface area (Å²) < 4.78 is 9.44. The van der Waals surface area contributed by atoms with E-state index in [9.17, 15) is 0 Å². The molecular weight excluding hydrogens is 753 g/mol. The summed E-state index contributed by atoms with van der Waals surface area (Å²) in [5, 5.41) is 7.09. The second kappa shape index (κ2) is 14.5. The van der Waals surface area contributed by atoms with Gasteiger partial charge in [-0.2, -0.15) is 0 Å². The third kappa shape index (κ3) is 5.82. The van der Waals surface area contributed by atoms with Crippen LogP contribution in [0.5, 0.6) is 0 Å². The monoisotopic (exact) mass is 792 g/mol. The van der Waals surface area contributed by atoms with Crippen molar-refractivity contribution < 1.29 is 4.42 Å². The fraction of sp³-hybridized carbons (Fsp3) is 0.0169. The topological polar surface area (TPSA) is 21.3 Å². The number of aryl methyl sites for hydroxylation is 1. The predicted molar refractivity (Wildman–Crippen MR) is 261 cm³/mol. The smallest absolute Gasteiger partial charge is 0.145 e. The Morgan fingerprint density at radius 2 is 0.984 bits per heavy atom. The van der Waals surface area contributed by atoms with Gasteiger partial charge >= 0.3 is 0 Å². The first-order valence-corrected chi connectivity index (χ1v) is 21.3. The van der Waals surface area contributed by atoms with Crippen LogP contribution in [0.3, 0.4) is 0 Å². The molecule has 0 atom stereocenters. The summed E-state index contributed by atoms with van der Waals surface area (Å²) >= 11 is 0. The zero-order chi connectivity index (χ0) is 41.1. The van der Waals surface area contributed by atoms with Crippen molar-refractivity contribution in [2.45, 2.75) is 6.92 Å². The number of aromatic nitrogens is 1. The molecule has 62 heavy (non-hydrogen) atoms. The van der Waals surface area contributed by atoms with E-state index in [4.69, 9.17) is 4.42 Å². The quantitative estimate of drug-likeness (QED) is 0.160. The first-order chi connectivity index (χ1) is 30.7. The van der Waals surface area contributed by atoms with Gasteiger partial charge in [-0.3, -0.25) is 0 Å². The van der Waals surface area contributed by atoms with Gasteiger partial charge in [-0.25, -0.2) is 0 Å². The van der Waals surface area contributed by atoms with Gasteiger partial charge in [0.15, 0.2) is 0 Å². The molecule has 292 valence electrons. The van der Waals surface area contributed by atoms with Crippen LogP contribution in [0.25, 0.3) is 93.6 Å². The second-order valence-electron chi connectivity index (χ2n) is 16.1. The minimum Gasteiger partial charge on any atom is -0.455 e. The Labute approximate surface area is 360 Å². The summed E-state index contributed by atoms with van der Waals surface area (Å²) in [6.45, 7) is 2.22. The van der Waals surface area contributed by atoms with E-state index in [0.29, 0.717) is 0 Å². The van der Waals surface area contributed by atoms with Gasteiger partial charge in [0.25, 0.3) is 0 Å². The molecule has 0 bridgehead atoms. The van der Waals surface area contributed by atoms with Crippen LogP contribution in [0, 0.1) is 6.92 Å². The molecule has 2 heterocycles. The molecule has 0 aliphatic carbocycles. The molecule has 0 aliphatic heterocycles. The van der Waals surface area contributed by atoms with Crippen LogP contribution in [0.2, 0.25) is 0 Å². The van der Waals surface area contributed by atoms with Gasteiger partial charge in [-0.15, -0.1) is 0 Å². The molecule has 3 nitrogen and oxygen atoms in total. The van der Waals surface area contributed by atoms with Gasteiger partial charge < -0.3 is 13.9 Å². The molecule has 0 saturated carbocycles. The number of hydrogen-bond acceptors (Lipinski definition) is 2. The lowest BCUT2D eigenvalue weighted by molar-refractivity contribution is 0.670. The highest BCUT2D eigenvalue weighted by Gasteiger charge is 2.25. The molecule has 12 rings (SSSR count). The van der Waals surface area contributed by atoms with E-state index in [-0.39, 0.29) is 0 Å². The number of nitrogens with zero attached hydrogens (tertiary/aromatic N) is 2. The molecule has 0 amide bonds. The molecule has 0 aliphatic rings. The Morgan fingerprint density at radius 3 is 1.76 bits per heavy atom. The number of rotatable bonds is 7. The minimum absolute atomic E-state index is 0.855. The molecule has 0 radical (unpaired) electrons. The normalized spacial score (nSPS) is 11.6. The highest BCUT2D eigenvalue weighted by atomic mass is 16.3. The minimum atomic E-state index is 0.855. The lowest BCUT2D eigenvalue weighted by Gasteiger charge is -2.29. The maximum atomic E-state index is 7.03. The van der Waals surface area contributed by atoms with Crippen molar-refractivity contribution in [3.8, 4) is 39.1 Å². The summed E-state index contributed by atoms with van der Waals surface area (Å²) in [5.41, 5.74) is 16.5. The standard InChI is InChI=1S/C59H40N2O/c1-39-37-44(40-15-3-2-4-16-40)31-35-52(39)60(46-32-29-42(30-33-46)45-28-27-41-17-5-6-18-43(41)38-45)56-36-34-50(59-58(56)51-22-10-14-26-57(51)62-59)49-21-9-13-25-55(49)61-53-23-11-7-19-47(53)48-20-8-12-24-54(48)61/h2-38H,1H3. The van der Waals surface area contributed by atoms with E-state index in [1.54, 1.807) is 0 Å². The number of furan rings is 1. The highest BCUT2D eigenvalue weighted by molar-refractivity contribution is 6.18. The number of para-hydroxylation sites is 4. The number of hydrogen-bond donors (Lipinski definition) is 0. The van der Waals surface area contributed by atoms with Crippen LogP contribution in [0.1, 0.15) is 5.56 Å². The maximum Gasteiger partial charge on any atom is 0.145 e. The van der Waals surface area contributed by atoms with E-state index in [1.165, 1.54) is 60.4 Å². The van der Waals surface area contributed by atoms with E-state index >= 15 is 0 Å². The molecule has 0 N–H and O–H groups in total. The Kier molecular flexibility index (Phi) is 8.39. The van der Waals surface area contributed by atoms with Gasteiger partial charge in [0.1, 0.15) is 11.2 Å². The van der Waals surface area contributed by atoms with Crippen molar-refractivity contribution in [1.82, 2.24) is 4.57 Å². The summed E-state index contributed by atoms with van der Waals surface area (Å²) in [5.74, 6) is 0. The Balaban J connectivity index is 1.08. The van der Waals surface area contributed by atoms with Crippen molar-refractivity contribution >= 4 is 71.6 Å². The molecule has 2 aromatic heterocycles. The summed E-state index contributed by atoms with van der Waals surface area (Å²) in [6, 6.07) is 80.9. The molecule has 0 unspecified atom stereocenters.